The highest BCUT2D eigenvalue weighted by molar-refractivity contribution is 5.76. The number of nitrogens with one attached hydrogen (secondary N) is 1. The third-order valence-corrected chi connectivity index (χ3v) is 8.29. The van der Waals surface area contributed by atoms with Gasteiger partial charge in [-0.3, -0.25) is 4.79 Å². The molecule has 0 aliphatic carbocycles. The average Bonchev–Trinajstić information content (AvgIpc) is 3.00. The Kier molecular flexibility index (Phi) is 14.0. The second-order valence-corrected chi connectivity index (χ2v) is 12.1. The van der Waals surface area contributed by atoms with Crippen LogP contribution in [0.1, 0.15) is 33.6 Å². The van der Waals surface area contributed by atoms with Gasteiger partial charge in [-0.25, -0.2) is 4.79 Å². The third kappa shape index (κ3) is 9.07. The van der Waals surface area contributed by atoms with E-state index in [1.165, 1.54) is 6.92 Å². The van der Waals surface area contributed by atoms with Gasteiger partial charge < -0.3 is 85.4 Å². The summed E-state index contributed by atoms with van der Waals surface area (Å²) in [5.74, 6) is -5.27. The van der Waals surface area contributed by atoms with Crippen molar-refractivity contribution in [2.45, 2.75) is 125 Å². The molecule has 3 saturated heterocycles. The maximum Gasteiger partial charge on any atom is 0.364 e. The maximum atomic E-state index is 12.3. The number of carboxylic acids is 1. The van der Waals surface area contributed by atoms with Crippen molar-refractivity contribution < 1.29 is 84.0 Å². The lowest BCUT2D eigenvalue weighted by Gasteiger charge is -2.47. The number of aliphatic carboxylic acids is 1. The van der Waals surface area contributed by atoms with Crippen LogP contribution in [0.5, 0.6) is 0 Å². The first-order valence-electron chi connectivity index (χ1n) is 15.0. The highest BCUT2D eigenvalue weighted by atomic mass is 16.8. The van der Waals surface area contributed by atoms with Gasteiger partial charge in [-0.15, -0.1) is 0 Å². The Labute approximate surface area is 264 Å². The van der Waals surface area contributed by atoms with E-state index in [-0.39, 0.29) is 25.0 Å². The average molecular weight is 673 g/mol. The van der Waals surface area contributed by atoms with E-state index in [0.717, 1.165) is 0 Å². The zero-order valence-corrected chi connectivity index (χ0v) is 25.8. The smallest absolute Gasteiger partial charge is 0.364 e. The minimum atomic E-state index is -2.55. The fourth-order valence-corrected chi connectivity index (χ4v) is 5.60. The number of aliphatic hydroxyl groups is 8. The first-order chi connectivity index (χ1) is 21.5. The Morgan fingerprint density at radius 3 is 2.24 bits per heavy atom. The Morgan fingerprint density at radius 2 is 1.65 bits per heavy atom. The van der Waals surface area contributed by atoms with Gasteiger partial charge in [0.1, 0.15) is 36.6 Å². The first kappa shape index (κ1) is 38.8. The first-order valence-corrected chi connectivity index (χ1v) is 15.0. The van der Waals surface area contributed by atoms with Gasteiger partial charge in [-0.05, 0) is 6.92 Å². The molecule has 0 saturated carbocycles. The predicted octanol–water partition coefficient (Wildman–Crippen LogP) is -5.55. The van der Waals surface area contributed by atoms with E-state index in [4.69, 9.17) is 34.2 Å². The Hall–Kier alpha value is -1.66. The SMILES string of the molecule is CC(=O)NC(C)CO[C@@H]1OC(CO)[C@@H](O[C@@H]2OC(CO[C@]3(C(=O)O)C[C@@H](O)[C@@H](N)C(C[C@H](O)CO)O3)[C@H](O)C(O)[C@@H]2O)C(O)[C@@H]1C. The van der Waals surface area contributed by atoms with Crippen LogP contribution in [0.25, 0.3) is 0 Å². The van der Waals surface area contributed by atoms with E-state index in [2.05, 4.69) is 5.32 Å². The highest BCUT2D eigenvalue weighted by Gasteiger charge is 2.55. The molecule has 3 fully saturated rings. The number of rotatable bonds is 14. The van der Waals surface area contributed by atoms with Crippen LogP contribution in [-0.2, 0) is 38.0 Å². The van der Waals surface area contributed by atoms with Gasteiger partial charge in [-0.2, -0.15) is 0 Å². The molecule has 6 unspecified atom stereocenters. The molecular formula is C27H48N2O17. The van der Waals surface area contributed by atoms with Gasteiger partial charge in [0.2, 0.25) is 5.91 Å². The topological polar surface area (TPSA) is 310 Å². The van der Waals surface area contributed by atoms with Gasteiger partial charge in [0.25, 0.3) is 5.79 Å². The van der Waals surface area contributed by atoms with Crippen LogP contribution >= 0.6 is 0 Å². The second kappa shape index (κ2) is 16.6. The number of carboxylic acid groups (broad SMARTS) is 1. The molecule has 3 heterocycles. The van der Waals surface area contributed by atoms with Crippen LogP contribution in [-0.4, -0.2) is 176 Å². The van der Waals surface area contributed by atoms with Crippen LogP contribution in [0.15, 0.2) is 0 Å². The van der Waals surface area contributed by atoms with Gasteiger partial charge in [0.15, 0.2) is 12.6 Å². The van der Waals surface area contributed by atoms with E-state index >= 15 is 0 Å². The van der Waals surface area contributed by atoms with Gasteiger partial charge in [0.05, 0.1) is 56.9 Å². The molecule has 0 aromatic rings. The summed E-state index contributed by atoms with van der Waals surface area (Å²) in [5, 5.41) is 95.0. The van der Waals surface area contributed by atoms with Crippen molar-refractivity contribution in [3.05, 3.63) is 0 Å². The molecular weight excluding hydrogens is 624 g/mol. The van der Waals surface area contributed by atoms with E-state index in [0.29, 0.717) is 0 Å². The van der Waals surface area contributed by atoms with Crippen LogP contribution < -0.4 is 11.1 Å². The summed E-state index contributed by atoms with van der Waals surface area (Å²) < 4.78 is 34.0. The molecule has 16 atom stereocenters. The monoisotopic (exact) mass is 672 g/mol. The summed E-state index contributed by atoms with van der Waals surface area (Å²) >= 11 is 0. The Morgan fingerprint density at radius 1 is 1.00 bits per heavy atom. The zero-order valence-electron chi connectivity index (χ0n) is 25.8. The number of nitrogens with two attached hydrogens (primary N) is 1. The van der Waals surface area contributed by atoms with Gasteiger partial charge in [-0.1, -0.05) is 6.92 Å². The number of hydrogen-bond acceptors (Lipinski definition) is 17. The van der Waals surface area contributed by atoms with Gasteiger partial charge in [0, 0.05) is 31.7 Å². The fraction of sp³-hybridized carbons (Fsp3) is 0.926. The van der Waals surface area contributed by atoms with Crippen molar-refractivity contribution in [2.24, 2.45) is 11.7 Å². The molecule has 0 aromatic heterocycles. The summed E-state index contributed by atoms with van der Waals surface area (Å²) in [7, 11) is 0. The van der Waals surface area contributed by atoms with Crippen molar-refractivity contribution >= 4 is 11.9 Å². The van der Waals surface area contributed by atoms with Crippen molar-refractivity contribution in [3.8, 4) is 0 Å². The van der Waals surface area contributed by atoms with Crippen LogP contribution in [0.4, 0.5) is 0 Å². The molecule has 0 aromatic carbocycles. The highest BCUT2D eigenvalue weighted by Crippen LogP contribution is 2.35. The van der Waals surface area contributed by atoms with Crippen molar-refractivity contribution in [2.75, 3.05) is 26.4 Å². The standard InChI is InChI=1S/C27H48N2O17/c1-10(29-12(3)32)8-41-24-11(2)19(35)23(16(7-31)43-24)45-25-22(38)21(37)20(36)17(44-25)9-42-27(26(39)40)5-14(34)18(28)15(46-27)4-13(33)6-30/h10-11,13-25,30-31,33-38H,4-9,28H2,1-3H3,(H,29,32)(H,39,40)/t10?,11-,13-,14+,15?,16?,17?,18+,19?,20-,21?,22-,23+,24+,25-,27+/m0/s1. The number of aliphatic hydroxyl groups excluding tert-OH is 8. The molecule has 1 amide bonds. The lowest BCUT2D eigenvalue weighted by molar-refractivity contribution is -0.361. The van der Waals surface area contributed by atoms with E-state index in [1.54, 1.807) is 13.8 Å². The minimum Gasteiger partial charge on any atom is -0.477 e. The summed E-state index contributed by atoms with van der Waals surface area (Å²) in [6.07, 6.45) is -19.0. The third-order valence-electron chi connectivity index (χ3n) is 8.29. The molecule has 268 valence electrons. The molecule has 19 heteroatoms. The molecule has 3 aliphatic rings. The lowest BCUT2D eigenvalue weighted by atomic mass is 9.90. The Bertz CT molecular complexity index is 994. The fourth-order valence-electron chi connectivity index (χ4n) is 5.60. The molecule has 46 heavy (non-hydrogen) atoms. The van der Waals surface area contributed by atoms with Crippen LogP contribution in [0, 0.1) is 5.92 Å². The quantitative estimate of drug-likeness (QED) is 0.0819. The summed E-state index contributed by atoms with van der Waals surface area (Å²) in [5.41, 5.74) is 5.92. The van der Waals surface area contributed by atoms with Crippen molar-refractivity contribution in [1.82, 2.24) is 5.32 Å². The lowest BCUT2D eigenvalue weighted by Crippen LogP contribution is -2.65. The molecule has 19 nitrogen and oxygen atoms in total. The van der Waals surface area contributed by atoms with E-state index in [1.807, 2.05) is 0 Å². The van der Waals surface area contributed by atoms with Crippen molar-refractivity contribution in [1.29, 1.82) is 0 Å². The molecule has 3 aliphatic heterocycles. The summed E-state index contributed by atoms with van der Waals surface area (Å²) in [6, 6.07) is -1.53. The summed E-state index contributed by atoms with van der Waals surface area (Å²) in [6.45, 7) is 2.47. The number of ether oxygens (including phenoxy) is 6. The second-order valence-electron chi connectivity index (χ2n) is 12.1. The molecule has 0 bridgehead atoms. The molecule has 3 rings (SSSR count). The molecule has 0 spiro atoms. The Balaban J connectivity index is 1.71. The molecule has 0 radical (unpaired) electrons. The number of amides is 1. The largest absolute Gasteiger partial charge is 0.477 e. The van der Waals surface area contributed by atoms with Crippen LogP contribution in [0.3, 0.4) is 0 Å². The maximum absolute atomic E-state index is 12.3. The van der Waals surface area contributed by atoms with Gasteiger partial charge >= 0.3 is 5.97 Å². The minimum absolute atomic E-state index is 0.0223. The zero-order chi connectivity index (χ0) is 34.5. The van der Waals surface area contributed by atoms with Crippen LogP contribution in [0.2, 0.25) is 0 Å². The number of carbonyl (C=O) groups excluding carboxylic acids is 1. The van der Waals surface area contributed by atoms with E-state index < -0.39 is 124 Å². The number of hydrogen-bond donors (Lipinski definition) is 11. The summed E-state index contributed by atoms with van der Waals surface area (Å²) in [4.78, 5) is 23.6. The molecule has 12 N–H and O–H groups in total. The predicted molar refractivity (Wildman–Crippen MR) is 149 cm³/mol. The normalized spacial score (nSPS) is 43.1. The van der Waals surface area contributed by atoms with E-state index in [9.17, 15) is 55.5 Å². The van der Waals surface area contributed by atoms with Crippen molar-refractivity contribution in [3.63, 3.8) is 0 Å². The number of carbonyl (C=O) groups is 2.